The van der Waals surface area contributed by atoms with Gasteiger partial charge in [0, 0.05) is 23.7 Å². The second-order valence-corrected chi connectivity index (χ2v) is 5.90. The van der Waals surface area contributed by atoms with Crippen LogP contribution in [0.4, 0.5) is 0 Å². The average Bonchev–Trinajstić information content (AvgIpc) is 2.63. The Morgan fingerprint density at radius 3 is 1.67 bits per heavy atom. The van der Waals surface area contributed by atoms with Crippen molar-refractivity contribution in [3.63, 3.8) is 0 Å². The van der Waals surface area contributed by atoms with Crippen LogP contribution in [0.5, 0.6) is 0 Å². The lowest BCUT2D eigenvalue weighted by atomic mass is 9.59. The van der Waals surface area contributed by atoms with Gasteiger partial charge < -0.3 is 0 Å². The average molecular weight is 200 g/mol. The summed E-state index contributed by atoms with van der Waals surface area (Å²) in [6.45, 7) is 2.08. The summed E-state index contributed by atoms with van der Waals surface area (Å²) < 4.78 is 0. The molecule has 5 aliphatic carbocycles. The molecule has 0 radical (unpaired) electrons. The van der Waals surface area contributed by atoms with E-state index in [1.54, 1.807) is 0 Å². The summed E-state index contributed by atoms with van der Waals surface area (Å²) in [6, 6.07) is 0. The summed E-state index contributed by atoms with van der Waals surface area (Å²) in [6.07, 6.45) is 2.20. The van der Waals surface area contributed by atoms with Crippen molar-refractivity contribution in [2.75, 3.05) is 0 Å². The van der Waals surface area contributed by atoms with Crippen molar-refractivity contribution < 1.29 is 9.59 Å². The van der Waals surface area contributed by atoms with Gasteiger partial charge in [0.25, 0.3) is 0 Å². The molecule has 0 aromatic carbocycles. The maximum atomic E-state index is 12.1. The van der Waals surface area contributed by atoms with Gasteiger partial charge in [0.1, 0.15) is 11.6 Å². The highest BCUT2D eigenvalue weighted by molar-refractivity contribution is 6.07. The van der Waals surface area contributed by atoms with Gasteiger partial charge in [0.15, 0.2) is 0 Å². The minimum Gasteiger partial charge on any atom is -0.299 e. The van der Waals surface area contributed by atoms with Crippen LogP contribution in [0.3, 0.4) is 0 Å². The molecule has 2 unspecified atom stereocenters. The molecule has 76 valence electrons. The van der Waals surface area contributed by atoms with Crippen molar-refractivity contribution in [1.29, 1.82) is 0 Å². The Balaban J connectivity index is 1.89. The first kappa shape index (κ1) is 7.37. The summed E-state index contributed by atoms with van der Waals surface area (Å²) in [7, 11) is 0. The highest BCUT2D eigenvalue weighted by Gasteiger charge is 2.85. The van der Waals surface area contributed by atoms with Crippen molar-refractivity contribution in [3.8, 4) is 0 Å². The van der Waals surface area contributed by atoms with E-state index in [-0.39, 0.29) is 23.7 Å². The Labute approximate surface area is 87.7 Å². The van der Waals surface area contributed by atoms with Crippen LogP contribution in [0, 0.1) is 47.3 Å². The van der Waals surface area contributed by atoms with Gasteiger partial charge in [-0.2, -0.15) is 0 Å². The molecule has 0 amide bonds. The van der Waals surface area contributed by atoms with Gasteiger partial charge in [-0.25, -0.2) is 0 Å². The van der Waals surface area contributed by atoms with Crippen LogP contribution in [0.1, 0.15) is 6.92 Å². The summed E-state index contributed by atoms with van der Waals surface area (Å²) in [5.41, 5.74) is 1.48. The SMILES string of the molecule is CC=C1[C@@H]2[C@H]3C(=O)C4C5C(=O)[C@@H]3[C@H]1[C@@H]5[C@@H]42. The summed E-state index contributed by atoms with van der Waals surface area (Å²) in [4.78, 5) is 24.3. The molecule has 0 N–H and O–H groups in total. The van der Waals surface area contributed by atoms with Crippen LogP contribution in [0.2, 0.25) is 0 Å². The van der Waals surface area contributed by atoms with Crippen LogP contribution in [-0.2, 0) is 9.59 Å². The molecular formula is C13H12O2. The number of Topliss-reactive ketones (excluding diaryl/α,β-unsaturated/α-hetero) is 2. The highest BCUT2D eigenvalue weighted by atomic mass is 16.1. The van der Waals surface area contributed by atoms with Crippen LogP contribution in [0.15, 0.2) is 11.6 Å². The molecule has 0 heterocycles. The summed E-state index contributed by atoms with van der Waals surface area (Å²) >= 11 is 0. The van der Waals surface area contributed by atoms with E-state index in [2.05, 4.69) is 13.0 Å². The molecule has 5 aliphatic rings. The molecule has 0 spiro atoms. The zero-order valence-corrected chi connectivity index (χ0v) is 8.51. The molecule has 2 heteroatoms. The zero-order chi connectivity index (χ0) is 10.1. The molecule has 5 saturated carbocycles. The lowest BCUT2D eigenvalue weighted by molar-refractivity contribution is -0.145. The molecular weight excluding hydrogens is 188 g/mol. The molecule has 0 saturated heterocycles. The fraction of sp³-hybridized carbons (Fsp3) is 0.692. The van der Waals surface area contributed by atoms with Crippen molar-refractivity contribution in [2.45, 2.75) is 6.92 Å². The van der Waals surface area contributed by atoms with Gasteiger partial charge >= 0.3 is 0 Å². The molecule has 0 aliphatic heterocycles. The van der Waals surface area contributed by atoms with E-state index in [4.69, 9.17) is 0 Å². The molecule has 5 rings (SSSR count). The third kappa shape index (κ3) is 0.430. The Morgan fingerprint density at radius 2 is 1.27 bits per heavy atom. The zero-order valence-electron chi connectivity index (χ0n) is 8.51. The lowest BCUT2D eigenvalue weighted by Crippen LogP contribution is -2.47. The maximum Gasteiger partial charge on any atom is 0.141 e. The van der Waals surface area contributed by atoms with Crippen molar-refractivity contribution in [3.05, 3.63) is 11.6 Å². The van der Waals surface area contributed by atoms with Gasteiger partial charge in [-0.3, -0.25) is 9.59 Å². The number of allylic oxidation sites excluding steroid dienone is 2. The quantitative estimate of drug-likeness (QED) is 0.548. The lowest BCUT2D eigenvalue weighted by Gasteiger charge is -2.42. The number of carbonyl (C=O) groups is 2. The highest BCUT2D eigenvalue weighted by Crippen LogP contribution is 2.81. The van der Waals surface area contributed by atoms with E-state index in [0.29, 0.717) is 35.2 Å². The van der Waals surface area contributed by atoms with E-state index < -0.39 is 0 Å². The van der Waals surface area contributed by atoms with Crippen molar-refractivity contribution >= 4 is 11.6 Å². The summed E-state index contributed by atoms with van der Waals surface area (Å²) in [5, 5.41) is 0. The fourth-order valence-electron chi connectivity index (χ4n) is 6.02. The second kappa shape index (κ2) is 1.74. The van der Waals surface area contributed by atoms with Gasteiger partial charge in [0.05, 0.1) is 0 Å². The molecule has 0 aromatic heterocycles. The van der Waals surface area contributed by atoms with Crippen molar-refractivity contribution in [1.82, 2.24) is 0 Å². The van der Waals surface area contributed by atoms with Gasteiger partial charge in [0.2, 0.25) is 0 Å². The van der Waals surface area contributed by atoms with E-state index in [9.17, 15) is 9.59 Å². The number of hydrogen-bond donors (Lipinski definition) is 0. The number of ketones is 2. The predicted octanol–water partition coefficient (Wildman–Crippen LogP) is 1.07. The van der Waals surface area contributed by atoms with E-state index in [1.165, 1.54) is 5.57 Å². The first-order valence-electron chi connectivity index (χ1n) is 6.01. The Kier molecular flexibility index (Phi) is 0.857. The van der Waals surface area contributed by atoms with Crippen molar-refractivity contribution in [2.24, 2.45) is 47.3 Å². The predicted molar refractivity (Wildman–Crippen MR) is 51.7 cm³/mol. The number of carbonyl (C=O) groups excluding carboxylic acids is 2. The molecule has 2 bridgehead atoms. The number of fused-ring (bicyclic) bond motifs is 2. The topological polar surface area (TPSA) is 34.1 Å². The Bertz CT molecular complexity index is 431. The molecule has 2 nitrogen and oxygen atoms in total. The standard InChI is InChI=1S/C13H12O2/c1-2-3-4-6-7-5(3)9-8(4)12(14)10(6)11(7)13(9)15/h2,4-11H,1H3/t4-,5+,6-,7+,8-,9-,10?,11?/m1/s1. The van der Waals surface area contributed by atoms with Gasteiger partial charge in [-0.1, -0.05) is 11.6 Å². The second-order valence-electron chi connectivity index (χ2n) is 5.90. The normalized spacial score (nSPS) is 68.7. The van der Waals surface area contributed by atoms with E-state index in [0.717, 1.165) is 0 Å². The van der Waals surface area contributed by atoms with E-state index >= 15 is 0 Å². The molecule has 15 heavy (non-hydrogen) atoms. The van der Waals surface area contributed by atoms with Crippen LogP contribution in [0.25, 0.3) is 0 Å². The molecule has 8 atom stereocenters. The van der Waals surface area contributed by atoms with Crippen LogP contribution in [-0.4, -0.2) is 11.6 Å². The Morgan fingerprint density at radius 1 is 0.800 bits per heavy atom. The smallest absolute Gasteiger partial charge is 0.141 e. The molecule has 5 fully saturated rings. The van der Waals surface area contributed by atoms with Gasteiger partial charge in [-0.15, -0.1) is 0 Å². The monoisotopic (exact) mass is 200 g/mol. The van der Waals surface area contributed by atoms with Gasteiger partial charge in [-0.05, 0) is 30.6 Å². The minimum atomic E-state index is 0.124. The van der Waals surface area contributed by atoms with Crippen LogP contribution >= 0.6 is 0 Å². The molecule has 0 aromatic rings. The Hall–Kier alpha value is -0.920. The maximum absolute atomic E-state index is 12.1. The fourth-order valence-corrected chi connectivity index (χ4v) is 6.02. The number of hydrogen-bond acceptors (Lipinski definition) is 2. The summed E-state index contributed by atoms with van der Waals surface area (Å²) in [5.74, 6) is 3.65. The third-order valence-electron chi connectivity index (χ3n) is 6.07. The largest absolute Gasteiger partial charge is 0.299 e. The van der Waals surface area contributed by atoms with Crippen LogP contribution < -0.4 is 0 Å². The van der Waals surface area contributed by atoms with E-state index in [1.807, 2.05) is 0 Å². The minimum absolute atomic E-state index is 0.124. The number of rotatable bonds is 0. The third-order valence-corrected chi connectivity index (χ3v) is 6.07. The first-order chi connectivity index (χ1) is 7.27. The first-order valence-corrected chi connectivity index (χ1v) is 6.01.